The number of nitriles is 1. The van der Waals surface area contributed by atoms with Crippen molar-refractivity contribution in [3.63, 3.8) is 0 Å². The first-order valence-corrected chi connectivity index (χ1v) is 4.58. The largest absolute Gasteiger partial charge is 0.481 e. The van der Waals surface area contributed by atoms with Gasteiger partial charge in [-0.2, -0.15) is 5.26 Å². The van der Waals surface area contributed by atoms with Crippen molar-refractivity contribution in [1.29, 1.82) is 5.26 Å². The standard InChI is InChI=1S/C11H8F3NO2/c1-11(2-3-15,10(16)17)9-7(13)4-6(12)5-8(9)14/h4-5H,2H2,1H3,(H,16,17). The summed E-state index contributed by atoms with van der Waals surface area (Å²) >= 11 is 0. The SMILES string of the molecule is CC(CC#N)(C(=O)O)c1c(F)cc(F)cc1F. The van der Waals surface area contributed by atoms with Crippen LogP contribution in [0.1, 0.15) is 18.9 Å². The normalized spacial score (nSPS) is 13.8. The molecular weight excluding hydrogens is 235 g/mol. The number of carboxylic acid groups (broad SMARTS) is 1. The number of carbonyl (C=O) groups is 1. The van der Waals surface area contributed by atoms with Crippen LogP contribution in [-0.4, -0.2) is 11.1 Å². The third kappa shape index (κ3) is 2.23. The molecule has 17 heavy (non-hydrogen) atoms. The zero-order valence-corrected chi connectivity index (χ0v) is 8.80. The number of hydrogen-bond donors (Lipinski definition) is 1. The Kier molecular flexibility index (Phi) is 3.42. The molecule has 1 aromatic carbocycles. The second-order valence-electron chi connectivity index (χ2n) is 3.72. The van der Waals surface area contributed by atoms with Gasteiger partial charge in [-0.05, 0) is 6.92 Å². The minimum Gasteiger partial charge on any atom is -0.481 e. The maximum Gasteiger partial charge on any atom is 0.315 e. The van der Waals surface area contributed by atoms with Gasteiger partial charge in [-0.25, -0.2) is 13.2 Å². The monoisotopic (exact) mass is 243 g/mol. The molecule has 0 aromatic heterocycles. The van der Waals surface area contributed by atoms with Gasteiger partial charge in [0.2, 0.25) is 0 Å². The van der Waals surface area contributed by atoms with E-state index in [0.29, 0.717) is 12.1 Å². The third-order valence-electron chi connectivity index (χ3n) is 2.46. The molecule has 90 valence electrons. The molecule has 1 atom stereocenters. The number of halogens is 3. The molecule has 1 aromatic rings. The van der Waals surface area contributed by atoms with Crippen LogP contribution in [0.25, 0.3) is 0 Å². The lowest BCUT2D eigenvalue weighted by Gasteiger charge is -2.23. The topological polar surface area (TPSA) is 61.1 Å². The summed E-state index contributed by atoms with van der Waals surface area (Å²) in [6, 6.07) is 2.32. The Bertz CT molecular complexity index is 487. The van der Waals surface area contributed by atoms with Gasteiger partial charge in [0.05, 0.1) is 12.5 Å². The zero-order chi connectivity index (χ0) is 13.2. The number of benzene rings is 1. The summed E-state index contributed by atoms with van der Waals surface area (Å²) in [5.74, 6) is -5.33. The predicted molar refractivity (Wildman–Crippen MR) is 51.5 cm³/mol. The van der Waals surface area contributed by atoms with Crippen molar-refractivity contribution in [3.8, 4) is 6.07 Å². The van der Waals surface area contributed by atoms with E-state index in [-0.39, 0.29) is 0 Å². The molecular formula is C11H8F3NO2. The predicted octanol–water partition coefficient (Wildman–Crippen LogP) is 2.36. The summed E-state index contributed by atoms with van der Waals surface area (Å²) in [4.78, 5) is 11.0. The first kappa shape index (κ1) is 13.0. The van der Waals surface area contributed by atoms with Crippen LogP contribution in [0.2, 0.25) is 0 Å². The Morgan fingerprint density at radius 1 is 1.41 bits per heavy atom. The quantitative estimate of drug-likeness (QED) is 0.886. The fourth-order valence-electron chi connectivity index (χ4n) is 1.50. The molecule has 0 aliphatic carbocycles. The number of aliphatic carboxylic acids is 1. The van der Waals surface area contributed by atoms with E-state index in [1.54, 1.807) is 6.07 Å². The molecule has 1 N–H and O–H groups in total. The molecule has 3 nitrogen and oxygen atoms in total. The summed E-state index contributed by atoms with van der Waals surface area (Å²) in [5, 5.41) is 17.5. The smallest absolute Gasteiger partial charge is 0.315 e. The summed E-state index contributed by atoms with van der Waals surface area (Å²) in [5.41, 5.74) is -2.86. The van der Waals surface area contributed by atoms with Gasteiger partial charge in [0.1, 0.15) is 22.9 Å². The van der Waals surface area contributed by atoms with E-state index >= 15 is 0 Å². The molecule has 0 heterocycles. The highest BCUT2D eigenvalue weighted by Crippen LogP contribution is 2.32. The Balaban J connectivity index is 3.50. The molecule has 0 saturated heterocycles. The maximum absolute atomic E-state index is 13.4. The van der Waals surface area contributed by atoms with Crippen molar-refractivity contribution >= 4 is 5.97 Å². The van der Waals surface area contributed by atoms with Crippen LogP contribution in [0.4, 0.5) is 13.2 Å². The molecule has 1 unspecified atom stereocenters. The van der Waals surface area contributed by atoms with Crippen LogP contribution < -0.4 is 0 Å². The van der Waals surface area contributed by atoms with Gasteiger partial charge >= 0.3 is 5.97 Å². The molecule has 0 spiro atoms. The summed E-state index contributed by atoms with van der Waals surface area (Å²) in [6.07, 6.45) is -0.623. The van der Waals surface area contributed by atoms with Gasteiger partial charge < -0.3 is 5.11 Å². The summed E-state index contributed by atoms with van der Waals surface area (Å²) in [6.45, 7) is 1.01. The van der Waals surface area contributed by atoms with Crippen molar-refractivity contribution in [1.82, 2.24) is 0 Å². The molecule has 6 heteroatoms. The maximum atomic E-state index is 13.4. The molecule has 1 rings (SSSR count). The van der Waals surface area contributed by atoms with E-state index < -0.39 is 40.8 Å². The van der Waals surface area contributed by atoms with Gasteiger partial charge in [-0.1, -0.05) is 0 Å². The number of rotatable bonds is 3. The average molecular weight is 243 g/mol. The Hall–Kier alpha value is -2.03. The number of hydrogen-bond acceptors (Lipinski definition) is 2. The summed E-state index contributed by atoms with van der Waals surface area (Å²) in [7, 11) is 0. The third-order valence-corrected chi connectivity index (χ3v) is 2.46. The van der Waals surface area contributed by atoms with E-state index in [1.165, 1.54) is 0 Å². The van der Waals surface area contributed by atoms with Crippen molar-refractivity contribution < 1.29 is 23.1 Å². The van der Waals surface area contributed by atoms with Gasteiger partial charge in [0.15, 0.2) is 0 Å². The van der Waals surface area contributed by atoms with Crippen LogP contribution in [0.3, 0.4) is 0 Å². The van der Waals surface area contributed by atoms with Crippen LogP contribution in [-0.2, 0) is 10.2 Å². The molecule has 0 fully saturated rings. The number of carboxylic acids is 1. The second kappa shape index (κ2) is 4.45. The van der Waals surface area contributed by atoms with Crippen LogP contribution >= 0.6 is 0 Å². The Morgan fingerprint density at radius 2 is 1.88 bits per heavy atom. The molecule has 0 bridgehead atoms. The molecule has 0 aliphatic heterocycles. The number of nitrogens with zero attached hydrogens (tertiary/aromatic N) is 1. The van der Waals surface area contributed by atoms with E-state index in [4.69, 9.17) is 10.4 Å². The first-order valence-electron chi connectivity index (χ1n) is 4.58. The highest BCUT2D eigenvalue weighted by atomic mass is 19.1. The van der Waals surface area contributed by atoms with E-state index in [0.717, 1.165) is 6.92 Å². The van der Waals surface area contributed by atoms with Gasteiger partial charge in [-0.15, -0.1) is 0 Å². The van der Waals surface area contributed by atoms with Crippen molar-refractivity contribution in [2.75, 3.05) is 0 Å². The van der Waals surface area contributed by atoms with Crippen molar-refractivity contribution in [2.24, 2.45) is 0 Å². The second-order valence-corrected chi connectivity index (χ2v) is 3.72. The Labute approximate surface area is 95.1 Å². The highest BCUT2D eigenvalue weighted by Gasteiger charge is 2.40. The highest BCUT2D eigenvalue weighted by molar-refractivity contribution is 5.81. The lowest BCUT2D eigenvalue weighted by atomic mass is 9.79. The first-order chi connectivity index (χ1) is 7.82. The fourth-order valence-corrected chi connectivity index (χ4v) is 1.50. The van der Waals surface area contributed by atoms with Gasteiger partial charge in [0.25, 0.3) is 0 Å². The van der Waals surface area contributed by atoms with Crippen LogP contribution in [0.15, 0.2) is 12.1 Å². The average Bonchev–Trinajstić information content (AvgIpc) is 2.15. The zero-order valence-electron chi connectivity index (χ0n) is 8.80. The van der Waals surface area contributed by atoms with Gasteiger partial charge in [-0.3, -0.25) is 4.79 Å². The lowest BCUT2D eigenvalue weighted by Crippen LogP contribution is -2.34. The minimum atomic E-state index is -2.05. The molecule has 0 aliphatic rings. The van der Waals surface area contributed by atoms with E-state index in [2.05, 4.69) is 0 Å². The Morgan fingerprint density at radius 3 is 2.24 bits per heavy atom. The molecule has 0 amide bonds. The summed E-state index contributed by atoms with van der Waals surface area (Å²) < 4.78 is 39.6. The molecule has 0 radical (unpaired) electrons. The van der Waals surface area contributed by atoms with Crippen molar-refractivity contribution in [3.05, 3.63) is 35.1 Å². The lowest BCUT2D eigenvalue weighted by molar-refractivity contribution is -0.143. The van der Waals surface area contributed by atoms with Gasteiger partial charge in [0, 0.05) is 17.7 Å². The van der Waals surface area contributed by atoms with E-state index in [1.807, 2.05) is 0 Å². The minimum absolute atomic E-state index is 0.386. The van der Waals surface area contributed by atoms with Crippen LogP contribution in [0.5, 0.6) is 0 Å². The fraction of sp³-hybridized carbons (Fsp3) is 0.273. The molecule has 0 saturated carbocycles. The van der Waals surface area contributed by atoms with Crippen LogP contribution in [0, 0.1) is 28.8 Å². The van der Waals surface area contributed by atoms with E-state index in [9.17, 15) is 18.0 Å². The van der Waals surface area contributed by atoms with Crippen molar-refractivity contribution in [2.45, 2.75) is 18.8 Å².